The van der Waals surface area contributed by atoms with Crippen molar-refractivity contribution in [2.24, 2.45) is 17.2 Å². The third kappa shape index (κ3) is 2.49. The number of hydrogen-bond donors (Lipinski definition) is 5. The molecule has 4 nitrogen and oxygen atoms in total. The predicted octanol–water partition coefficient (Wildman–Crippen LogP) is -1.66. The van der Waals surface area contributed by atoms with Gasteiger partial charge in [-0.3, -0.25) is 0 Å². The van der Waals surface area contributed by atoms with Crippen LogP contribution in [0.2, 0.25) is 0 Å². The number of nitrogens with one attached hydrogen (secondary N) is 1. The highest BCUT2D eigenvalue weighted by Crippen LogP contribution is 1.89. The SMILES string of the molecule is CC(N)(N)C(N)NS. The van der Waals surface area contributed by atoms with Gasteiger partial charge in [0.2, 0.25) is 0 Å². The van der Waals surface area contributed by atoms with E-state index in [-0.39, 0.29) is 0 Å². The summed E-state index contributed by atoms with van der Waals surface area (Å²) < 4.78 is 2.43. The van der Waals surface area contributed by atoms with Crippen molar-refractivity contribution in [2.75, 3.05) is 0 Å². The highest BCUT2D eigenvalue weighted by Gasteiger charge is 2.19. The molecular weight excluding hydrogens is 124 g/mol. The summed E-state index contributed by atoms with van der Waals surface area (Å²) in [5, 5.41) is 0. The molecule has 0 aromatic carbocycles. The Labute approximate surface area is 54.3 Å². The summed E-state index contributed by atoms with van der Waals surface area (Å²) in [6.45, 7) is 1.61. The first-order valence-electron chi connectivity index (χ1n) is 2.21. The van der Waals surface area contributed by atoms with E-state index in [1.54, 1.807) is 6.92 Å². The quantitative estimate of drug-likeness (QED) is 0.232. The van der Waals surface area contributed by atoms with Crippen LogP contribution in [0.25, 0.3) is 0 Å². The Balaban J connectivity index is 3.62. The summed E-state index contributed by atoms with van der Waals surface area (Å²) in [7, 11) is 0. The molecule has 8 heavy (non-hydrogen) atoms. The van der Waals surface area contributed by atoms with E-state index < -0.39 is 11.8 Å². The van der Waals surface area contributed by atoms with Gasteiger partial charge in [0.15, 0.2) is 0 Å². The number of thiol groups is 1. The molecule has 0 fully saturated rings. The summed E-state index contributed by atoms with van der Waals surface area (Å²) in [6.07, 6.45) is -0.481. The first kappa shape index (κ1) is 8.19. The Morgan fingerprint density at radius 1 is 1.62 bits per heavy atom. The van der Waals surface area contributed by atoms with Crippen LogP contribution in [0.5, 0.6) is 0 Å². The maximum atomic E-state index is 5.33. The van der Waals surface area contributed by atoms with Crippen LogP contribution in [0, 0.1) is 0 Å². The van der Waals surface area contributed by atoms with Gasteiger partial charge >= 0.3 is 0 Å². The molecule has 1 atom stereocenters. The molecule has 0 radical (unpaired) electrons. The minimum absolute atomic E-state index is 0.481. The average molecular weight is 136 g/mol. The van der Waals surface area contributed by atoms with E-state index in [4.69, 9.17) is 17.2 Å². The van der Waals surface area contributed by atoms with Gasteiger partial charge < -0.3 is 17.2 Å². The van der Waals surface area contributed by atoms with Crippen molar-refractivity contribution in [3.63, 3.8) is 0 Å². The maximum Gasteiger partial charge on any atom is 0.0952 e. The third-order valence-corrected chi connectivity index (χ3v) is 1.09. The summed E-state index contributed by atoms with van der Waals surface area (Å²) in [4.78, 5) is 0. The first-order valence-corrected chi connectivity index (χ1v) is 2.66. The van der Waals surface area contributed by atoms with E-state index in [2.05, 4.69) is 17.5 Å². The second-order valence-corrected chi connectivity index (χ2v) is 2.23. The van der Waals surface area contributed by atoms with Crippen LogP contribution in [0.1, 0.15) is 6.92 Å². The Kier molecular flexibility index (Phi) is 2.72. The lowest BCUT2D eigenvalue weighted by molar-refractivity contribution is 0.379. The predicted molar refractivity (Wildman–Crippen MR) is 36.9 cm³/mol. The number of hydrogen-bond acceptors (Lipinski definition) is 5. The largest absolute Gasteiger partial charge is 0.313 e. The summed E-state index contributed by atoms with van der Waals surface area (Å²) >= 11 is 3.67. The fourth-order valence-corrected chi connectivity index (χ4v) is 0.417. The van der Waals surface area contributed by atoms with Crippen LogP contribution >= 0.6 is 12.8 Å². The van der Waals surface area contributed by atoms with Gasteiger partial charge in [0.25, 0.3) is 0 Å². The van der Waals surface area contributed by atoms with Crippen LogP contribution < -0.4 is 21.9 Å². The van der Waals surface area contributed by atoms with E-state index in [0.717, 1.165) is 0 Å². The molecule has 7 N–H and O–H groups in total. The normalized spacial score (nSPS) is 16.1. The lowest BCUT2D eigenvalue weighted by Crippen LogP contribution is -2.64. The van der Waals surface area contributed by atoms with Crippen LogP contribution in [-0.2, 0) is 0 Å². The molecule has 0 bridgehead atoms. The minimum atomic E-state index is -0.901. The lowest BCUT2D eigenvalue weighted by Gasteiger charge is -2.25. The van der Waals surface area contributed by atoms with Crippen LogP contribution in [0.4, 0.5) is 0 Å². The Hall–Kier alpha value is 0.190. The monoisotopic (exact) mass is 136 g/mol. The molecule has 0 heterocycles. The molecule has 0 aromatic rings. The molecule has 0 aliphatic carbocycles. The van der Waals surface area contributed by atoms with Crippen molar-refractivity contribution in [2.45, 2.75) is 18.8 Å². The van der Waals surface area contributed by atoms with Crippen molar-refractivity contribution in [3.05, 3.63) is 0 Å². The van der Waals surface area contributed by atoms with Gasteiger partial charge in [0, 0.05) is 0 Å². The highest BCUT2D eigenvalue weighted by atomic mass is 32.1. The van der Waals surface area contributed by atoms with Gasteiger partial charge in [0.05, 0.1) is 11.8 Å². The molecule has 1 unspecified atom stereocenters. The Morgan fingerprint density at radius 2 is 2.00 bits per heavy atom. The van der Waals surface area contributed by atoms with Crippen LogP contribution in [0.15, 0.2) is 0 Å². The first-order chi connectivity index (χ1) is 3.48. The average Bonchev–Trinajstić information content (AvgIpc) is 1.62. The molecule has 0 aliphatic heterocycles. The molecule has 50 valence electrons. The summed E-state index contributed by atoms with van der Waals surface area (Å²) in [5.41, 5.74) is 15.1. The van der Waals surface area contributed by atoms with Crippen molar-refractivity contribution in [3.8, 4) is 0 Å². The fraction of sp³-hybridized carbons (Fsp3) is 1.00. The molecule has 0 amide bonds. The van der Waals surface area contributed by atoms with Crippen LogP contribution in [0.3, 0.4) is 0 Å². The number of rotatable bonds is 2. The molecule has 0 saturated heterocycles. The smallest absolute Gasteiger partial charge is 0.0952 e. The molecule has 0 spiro atoms. The highest BCUT2D eigenvalue weighted by molar-refractivity contribution is 7.78. The zero-order chi connectivity index (χ0) is 6.78. The molecule has 0 rings (SSSR count). The van der Waals surface area contributed by atoms with Gasteiger partial charge in [-0.1, -0.05) is 12.8 Å². The van der Waals surface area contributed by atoms with E-state index >= 15 is 0 Å². The third-order valence-electron chi connectivity index (χ3n) is 0.809. The van der Waals surface area contributed by atoms with E-state index in [1.165, 1.54) is 0 Å². The molecular formula is C3H12N4S. The molecule has 5 heteroatoms. The van der Waals surface area contributed by atoms with Gasteiger partial charge in [-0.05, 0) is 6.92 Å². The Morgan fingerprint density at radius 3 is 2.00 bits per heavy atom. The van der Waals surface area contributed by atoms with Crippen molar-refractivity contribution >= 4 is 12.8 Å². The van der Waals surface area contributed by atoms with E-state index in [0.29, 0.717) is 0 Å². The van der Waals surface area contributed by atoms with Crippen LogP contribution in [-0.4, -0.2) is 11.8 Å². The van der Waals surface area contributed by atoms with Crippen molar-refractivity contribution in [1.29, 1.82) is 0 Å². The minimum Gasteiger partial charge on any atom is -0.313 e. The second kappa shape index (κ2) is 2.65. The maximum absolute atomic E-state index is 5.33. The fourth-order valence-electron chi connectivity index (χ4n) is 0.139. The Bertz CT molecular complexity index is 68.2. The lowest BCUT2D eigenvalue weighted by atomic mass is 10.2. The second-order valence-electron chi connectivity index (χ2n) is 1.97. The van der Waals surface area contributed by atoms with Crippen molar-refractivity contribution in [1.82, 2.24) is 4.72 Å². The van der Waals surface area contributed by atoms with Gasteiger partial charge in [-0.25, -0.2) is 4.72 Å². The zero-order valence-electron chi connectivity index (χ0n) is 4.76. The zero-order valence-corrected chi connectivity index (χ0v) is 5.65. The van der Waals surface area contributed by atoms with Gasteiger partial charge in [-0.2, -0.15) is 0 Å². The van der Waals surface area contributed by atoms with Crippen molar-refractivity contribution < 1.29 is 0 Å². The topological polar surface area (TPSA) is 90.1 Å². The molecule has 0 aromatic heterocycles. The summed E-state index contributed by atoms with van der Waals surface area (Å²) in [6, 6.07) is 0. The molecule has 0 saturated carbocycles. The number of nitrogens with two attached hydrogens (primary N) is 3. The van der Waals surface area contributed by atoms with E-state index in [1.807, 2.05) is 0 Å². The molecule has 0 aliphatic rings. The van der Waals surface area contributed by atoms with Gasteiger partial charge in [-0.15, -0.1) is 0 Å². The van der Waals surface area contributed by atoms with Gasteiger partial charge in [0.1, 0.15) is 0 Å². The standard InChI is InChI=1S/C3H12N4S/c1-3(5,6)2(4)7-8/h2,7-8H,4-6H2,1H3. The van der Waals surface area contributed by atoms with E-state index in [9.17, 15) is 0 Å². The summed E-state index contributed by atoms with van der Waals surface area (Å²) in [5.74, 6) is 0.